The summed E-state index contributed by atoms with van der Waals surface area (Å²) in [7, 11) is 0. The lowest BCUT2D eigenvalue weighted by atomic mass is 10.1. The summed E-state index contributed by atoms with van der Waals surface area (Å²) < 4.78 is 15.2. The fraction of sp³-hybridized carbons (Fsp3) is 0.0952. The average Bonchev–Trinajstić information content (AvgIpc) is 3.34. The second-order valence-electron chi connectivity index (χ2n) is 6.40. The molecule has 0 unspecified atom stereocenters. The Bertz CT molecular complexity index is 1150. The van der Waals surface area contributed by atoms with Gasteiger partial charge in [0.25, 0.3) is 5.91 Å². The number of hydrogen-bond acceptors (Lipinski definition) is 4. The Morgan fingerprint density at radius 2 is 1.96 bits per heavy atom. The van der Waals surface area contributed by atoms with E-state index in [9.17, 15) is 9.18 Å². The number of aromatic nitrogens is 3. The highest BCUT2D eigenvalue weighted by molar-refractivity contribution is 7.13. The Morgan fingerprint density at radius 3 is 2.71 bits per heavy atom. The molecule has 2 aromatic heterocycles. The second kappa shape index (κ2) is 7.36. The summed E-state index contributed by atoms with van der Waals surface area (Å²) in [6, 6.07) is 15.6. The number of nitrogens with zero attached hydrogens (tertiary/aromatic N) is 3. The first kappa shape index (κ1) is 18.1. The number of rotatable bonds is 4. The normalized spacial score (nSPS) is 10.8. The van der Waals surface area contributed by atoms with Crippen LogP contribution in [0.15, 0.2) is 60.0 Å². The van der Waals surface area contributed by atoms with Crippen molar-refractivity contribution in [2.24, 2.45) is 0 Å². The van der Waals surface area contributed by atoms with Gasteiger partial charge in [-0.3, -0.25) is 4.79 Å². The quantitative estimate of drug-likeness (QED) is 0.531. The monoisotopic (exact) mass is 392 g/mol. The fourth-order valence-electron chi connectivity index (χ4n) is 2.81. The van der Waals surface area contributed by atoms with E-state index in [0.717, 1.165) is 16.0 Å². The number of nitrogens with one attached hydrogen (secondary N) is 1. The van der Waals surface area contributed by atoms with Gasteiger partial charge in [0.1, 0.15) is 5.82 Å². The Labute approximate surface area is 165 Å². The van der Waals surface area contributed by atoms with Gasteiger partial charge in [-0.2, -0.15) is 0 Å². The maximum atomic E-state index is 13.7. The van der Waals surface area contributed by atoms with Gasteiger partial charge >= 0.3 is 0 Å². The van der Waals surface area contributed by atoms with Gasteiger partial charge in [-0.25, -0.2) is 14.1 Å². The molecule has 0 atom stereocenters. The summed E-state index contributed by atoms with van der Waals surface area (Å²) >= 11 is 1.47. The van der Waals surface area contributed by atoms with E-state index in [2.05, 4.69) is 15.4 Å². The number of anilines is 1. The van der Waals surface area contributed by atoms with Crippen molar-refractivity contribution in [2.75, 3.05) is 5.32 Å². The van der Waals surface area contributed by atoms with Crippen molar-refractivity contribution in [1.29, 1.82) is 0 Å². The van der Waals surface area contributed by atoms with E-state index in [1.165, 1.54) is 28.2 Å². The molecule has 4 rings (SSSR count). The number of hydrogen-bond donors (Lipinski definition) is 1. The van der Waals surface area contributed by atoms with Gasteiger partial charge in [0.15, 0.2) is 5.82 Å². The van der Waals surface area contributed by atoms with Gasteiger partial charge in [-0.05, 0) is 60.7 Å². The number of aryl methyl sites for hydroxylation is 2. The molecule has 0 fully saturated rings. The number of benzene rings is 2. The number of halogens is 1. The molecule has 0 spiro atoms. The molecule has 0 saturated heterocycles. The first-order valence-electron chi connectivity index (χ1n) is 8.67. The van der Waals surface area contributed by atoms with Crippen LogP contribution >= 0.6 is 11.3 Å². The molecule has 0 bridgehead atoms. The Balaban J connectivity index is 1.75. The van der Waals surface area contributed by atoms with Crippen molar-refractivity contribution < 1.29 is 9.18 Å². The third-order valence-corrected chi connectivity index (χ3v) is 5.11. The Hall–Kier alpha value is -3.32. The highest BCUT2D eigenvalue weighted by Gasteiger charge is 2.20. The number of carbonyl (C=O) groups is 1. The Kier molecular flexibility index (Phi) is 4.75. The van der Waals surface area contributed by atoms with Crippen LogP contribution in [0.4, 0.5) is 10.1 Å². The lowest BCUT2D eigenvalue weighted by Gasteiger charge is -2.07. The molecule has 2 aromatic carbocycles. The van der Waals surface area contributed by atoms with E-state index in [0.29, 0.717) is 17.2 Å². The van der Waals surface area contributed by atoms with Gasteiger partial charge in [0, 0.05) is 5.69 Å². The van der Waals surface area contributed by atoms with E-state index in [1.807, 2.05) is 49.6 Å². The molecule has 0 aliphatic rings. The van der Waals surface area contributed by atoms with Crippen LogP contribution in [-0.4, -0.2) is 20.7 Å². The molecule has 2 heterocycles. The molecule has 0 aliphatic heterocycles. The lowest BCUT2D eigenvalue weighted by molar-refractivity contribution is 0.101. The highest BCUT2D eigenvalue weighted by Crippen LogP contribution is 2.26. The highest BCUT2D eigenvalue weighted by atomic mass is 32.1. The fourth-order valence-corrected chi connectivity index (χ4v) is 3.51. The third-order valence-electron chi connectivity index (χ3n) is 4.25. The maximum absolute atomic E-state index is 13.7. The predicted molar refractivity (Wildman–Crippen MR) is 108 cm³/mol. The van der Waals surface area contributed by atoms with Crippen molar-refractivity contribution in [3.8, 4) is 16.4 Å². The van der Waals surface area contributed by atoms with E-state index < -0.39 is 5.91 Å². The molecule has 1 amide bonds. The molecule has 0 radical (unpaired) electrons. The maximum Gasteiger partial charge on any atom is 0.295 e. The van der Waals surface area contributed by atoms with Crippen LogP contribution in [0.2, 0.25) is 0 Å². The Morgan fingerprint density at radius 1 is 1.11 bits per heavy atom. The van der Waals surface area contributed by atoms with Crippen LogP contribution in [0.5, 0.6) is 0 Å². The first-order chi connectivity index (χ1) is 13.5. The third kappa shape index (κ3) is 3.57. The minimum atomic E-state index is -0.415. The van der Waals surface area contributed by atoms with Gasteiger partial charge < -0.3 is 5.32 Å². The molecule has 0 saturated carbocycles. The minimum Gasteiger partial charge on any atom is -0.319 e. The molecule has 0 aliphatic carbocycles. The van der Waals surface area contributed by atoms with Crippen molar-refractivity contribution in [1.82, 2.24) is 14.8 Å². The summed E-state index contributed by atoms with van der Waals surface area (Å²) in [4.78, 5) is 18.1. The molecular weight excluding hydrogens is 375 g/mol. The standard InChI is InChI=1S/C21H17FN4OS/c1-13-8-9-14(2)17(11-13)23-21(27)19-24-20(18-7-4-10-28-18)26(25-19)16-6-3-5-15(22)12-16/h3-12H,1-2H3,(H,23,27). The van der Waals surface area contributed by atoms with Crippen molar-refractivity contribution >= 4 is 22.9 Å². The van der Waals surface area contributed by atoms with Crippen molar-refractivity contribution in [3.63, 3.8) is 0 Å². The van der Waals surface area contributed by atoms with Crippen LogP contribution in [0.1, 0.15) is 21.7 Å². The molecule has 4 aromatic rings. The largest absolute Gasteiger partial charge is 0.319 e. The summed E-state index contributed by atoms with van der Waals surface area (Å²) in [6.45, 7) is 3.88. The van der Waals surface area contributed by atoms with Crippen LogP contribution in [0.25, 0.3) is 16.4 Å². The van der Waals surface area contributed by atoms with Crippen molar-refractivity contribution in [2.45, 2.75) is 13.8 Å². The summed E-state index contributed by atoms with van der Waals surface area (Å²) in [5.41, 5.74) is 3.20. The van der Waals surface area contributed by atoms with Crippen LogP contribution in [0.3, 0.4) is 0 Å². The molecular formula is C21H17FN4OS. The summed E-state index contributed by atoms with van der Waals surface area (Å²) in [5.74, 6) is -0.284. The van der Waals surface area contributed by atoms with E-state index >= 15 is 0 Å². The van der Waals surface area contributed by atoms with Gasteiger partial charge in [-0.15, -0.1) is 16.4 Å². The molecule has 140 valence electrons. The predicted octanol–water partition coefficient (Wildman–Crippen LogP) is 5.00. The minimum absolute atomic E-state index is 0.0218. The average molecular weight is 392 g/mol. The zero-order valence-electron chi connectivity index (χ0n) is 15.3. The zero-order chi connectivity index (χ0) is 19.7. The SMILES string of the molecule is Cc1ccc(C)c(NC(=O)c2nc(-c3cccs3)n(-c3cccc(F)c3)n2)c1. The molecule has 5 nitrogen and oxygen atoms in total. The smallest absolute Gasteiger partial charge is 0.295 e. The summed E-state index contributed by atoms with van der Waals surface area (Å²) in [6.07, 6.45) is 0. The van der Waals surface area contributed by atoms with E-state index in [4.69, 9.17) is 0 Å². The molecule has 1 N–H and O–H groups in total. The topological polar surface area (TPSA) is 59.8 Å². The lowest BCUT2D eigenvalue weighted by Crippen LogP contribution is -2.15. The van der Waals surface area contributed by atoms with E-state index in [-0.39, 0.29) is 11.6 Å². The zero-order valence-corrected chi connectivity index (χ0v) is 16.1. The van der Waals surface area contributed by atoms with E-state index in [1.54, 1.807) is 12.1 Å². The van der Waals surface area contributed by atoms with Crippen molar-refractivity contribution in [3.05, 3.63) is 82.7 Å². The molecule has 28 heavy (non-hydrogen) atoms. The van der Waals surface area contributed by atoms with Crippen LogP contribution in [0, 0.1) is 19.7 Å². The summed E-state index contributed by atoms with van der Waals surface area (Å²) in [5, 5.41) is 9.14. The molecule has 7 heteroatoms. The number of amides is 1. The second-order valence-corrected chi connectivity index (χ2v) is 7.35. The van der Waals surface area contributed by atoms with Gasteiger partial charge in [0.05, 0.1) is 10.6 Å². The van der Waals surface area contributed by atoms with Crippen LogP contribution in [-0.2, 0) is 0 Å². The van der Waals surface area contributed by atoms with Gasteiger partial charge in [0.2, 0.25) is 5.82 Å². The number of carbonyl (C=O) groups excluding carboxylic acids is 1. The number of thiophene rings is 1. The van der Waals surface area contributed by atoms with Gasteiger partial charge in [-0.1, -0.05) is 24.3 Å². The van der Waals surface area contributed by atoms with Crippen LogP contribution < -0.4 is 5.32 Å². The first-order valence-corrected chi connectivity index (χ1v) is 9.55.